The fourth-order valence-corrected chi connectivity index (χ4v) is 6.16. The van der Waals surface area contributed by atoms with E-state index in [4.69, 9.17) is 24.0 Å². The van der Waals surface area contributed by atoms with E-state index < -0.39 is 0 Å². The van der Waals surface area contributed by atoms with Gasteiger partial charge in [0.1, 0.15) is 5.76 Å². The smallest absolute Gasteiger partial charge is 0.221 e. The van der Waals surface area contributed by atoms with Crippen LogP contribution in [0.3, 0.4) is 0 Å². The first-order chi connectivity index (χ1) is 18.2. The Labute approximate surface area is 217 Å². The van der Waals surface area contributed by atoms with Crippen LogP contribution in [0.15, 0.2) is 58.0 Å². The Morgan fingerprint density at radius 1 is 1.08 bits per heavy atom. The van der Waals surface area contributed by atoms with E-state index in [9.17, 15) is 0 Å². The summed E-state index contributed by atoms with van der Waals surface area (Å²) in [6, 6.07) is 13.3. The number of hydrogen-bond donors (Lipinski definition) is 0. The van der Waals surface area contributed by atoms with E-state index in [0.717, 1.165) is 78.1 Å². The highest BCUT2D eigenvalue weighted by Gasteiger charge is 2.46. The Bertz CT molecular complexity index is 1350. The number of anilines is 1. The van der Waals surface area contributed by atoms with E-state index in [1.807, 2.05) is 20.0 Å². The molecule has 0 spiro atoms. The lowest BCUT2D eigenvalue weighted by Gasteiger charge is -2.40. The van der Waals surface area contributed by atoms with Gasteiger partial charge in [0.2, 0.25) is 5.88 Å². The summed E-state index contributed by atoms with van der Waals surface area (Å²) >= 11 is 0. The molecule has 0 N–H and O–H groups in total. The van der Waals surface area contributed by atoms with E-state index in [2.05, 4.69) is 52.7 Å². The van der Waals surface area contributed by atoms with Crippen molar-refractivity contribution in [1.29, 1.82) is 0 Å². The molecule has 4 aliphatic rings. The number of ether oxygens (including phenoxy) is 2. The van der Waals surface area contributed by atoms with Gasteiger partial charge in [0.05, 0.1) is 41.3 Å². The molecule has 2 atom stereocenters. The average molecular weight is 497 g/mol. The summed E-state index contributed by atoms with van der Waals surface area (Å²) in [4.78, 5) is 12.4. The molecule has 190 valence electrons. The predicted molar refractivity (Wildman–Crippen MR) is 142 cm³/mol. The Morgan fingerprint density at radius 3 is 2.62 bits per heavy atom. The summed E-state index contributed by atoms with van der Waals surface area (Å²) < 4.78 is 17.6. The largest absolute Gasteiger partial charge is 0.477 e. The molecular formula is C30H32N4O3. The lowest BCUT2D eigenvalue weighted by molar-refractivity contribution is 0.0573. The number of fused-ring (bicyclic) bond motifs is 3. The van der Waals surface area contributed by atoms with Crippen LogP contribution in [0.25, 0.3) is 16.7 Å². The van der Waals surface area contributed by atoms with Crippen LogP contribution in [-0.4, -0.2) is 42.2 Å². The van der Waals surface area contributed by atoms with Gasteiger partial charge in [-0.05, 0) is 63.0 Å². The Balaban J connectivity index is 1.38. The molecule has 7 heteroatoms. The lowest BCUT2D eigenvalue weighted by Crippen LogP contribution is -2.41. The average Bonchev–Trinajstić information content (AvgIpc) is 3.47. The number of benzene rings is 1. The summed E-state index contributed by atoms with van der Waals surface area (Å²) in [5.41, 5.74) is 7.41. The molecule has 1 saturated heterocycles. The molecule has 0 bridgehead atoms. The Hall–Kier alpha value is -3.45. The predicted octanol–water partition coefficient (Wildman–Crippen LogP) is 5.89. The Kier molecular flexibility index (Phi) is 5.61. The van der Waals surface area contributed by atoms with Crippen molar-refractivity contribution in [3.8, 4) is 11.1 Å². The van der Waals surface area contributed by atoms with Crippen molar-refractivity contribution in [2.24, 2.45) is 16.8 Å². The molecule has 0 radical (unpaired) electrons. The maximum Gasteiger partial charge on any atom is 0.221 e. The summed E-state index contributed by atoms with van der Waals surface area (Å²) in [6.45, 7) is 6.27. The van der Waals surface area contributed by atoms with Crippen LogP contribution in [0.2, 0.25) is 0 Å². The second-order valence-corrected chi connectivity index (χ2v) is 10.7. The second kappa shape index (κ2) is 9.14. The van der Waals surface area contributed by atoms with Crippen LogP contribution < -0.4 is 4.90 Å². The molecule has 2 aromatic heterocycles. The van der Waals surface area contributed by atoms with Gasteiger partial charge in [0.15, 0.2) is 0 Å². The van der Waals surface area contributed by atoms with Crippen LogP contribution >= 0.6 is 0 Å². The molecular weight excluding hydrogens is 464 g/mol. The van der Waals surface area contributed by atoms with Gasteiger partial charge in [-0.3, -0.25) is 4.98 Å². The van der Waals surface area contributed by atoms with Crippen molar-refractivity contribution < 1.29 is 14.0 Å². The summed E-state index contributed by atoms with van der Waals surface area (Å²) in [5, 5.41) is 4.20. The molecule has 0 amide bonds. The van der Waals surface area contributed by atoms with E-state index in [1.54, 1.807) is 0 Å². The fraction of sp³-hybridized carbons (Fsp3) is 0.433. The molecule has 1 aliphatic carbocycles. The molecule has 3 aromatic rings. The SMILES string of the molecule is Cc1noc(C)c1-c1cnc2c(c1)N([C@H](c1ccccc1)C1CCOCC1)C1C=NC(OCC3CC3)=C21. The minimum atomic E-state index is -0.00956. The number of aryl methyl sites for hydroxylation is 2. The number of hydrogen-bond acceptors (Lipinski definition) is 7. The van der Waals surface area contributed by atoms with Gasteiger partial charge in [0.25, 0.3) is 0 Å². The van der Waals surface area contributed by atoms with Crippen LogP contribution in [0, 0.1) is 25.7 Å². The number of nitrogens with zero attached hydrogens (tertiary/aromatic N) is 4. The van der Waals surface area contributed by atoms with Crippen LogP contribution in [0.4, 0.5) is 5.69 Å². The number of pyridine rings is 1. The minimum absolute atomic E-state index is 0.00956. The molecule has 5 heterocycles. The minimum Gasteiger partial charge on any atom is -0.477 e. The van der Waals surface area contributed by atoms with Gasteiger partial charge in [-0.25, -0.2) is 4.99 Å². The number of aliphatic imine (C=N–C) groups is 1. The lowest BCUT2D eigenvalue weighted by atomic mass is 9.85. The highest BCUT2D eigenvalue weighted by Crippen LogP contribution is 2.51. The van der Waals surface area contributed by atoms with Crippen LogP contribution in [-0.2, 0) is 9.47 Å². The zero-order valence-corrected chi connectivity index (χ0v) is 21.4. The van der Waals surface area contributed by atoms with Crippen LogP contribution in [0.1, 0.15) is 54.4 Å². The summed E-state index contributed by atoms with van der Waals surface area (Å²) in [7, 11) is 0. The molecule has 7 nitrogen and oxygen atoms in total. The van der Waals surface area contributed by atoms with Crippen molar-refractivity contribution >= 4 is 17.5 Å². The third-order valence-electron chi connectivity index (χ3n) is 8.19. The zero-order chi connectivity index (χ0) is 24.9. The third-order valence-corrected chi connectivity index (χ3v) is 8.19. The summed E-state index contributed by atoms with van der Waals surface area (Å²) in [5.74, 6) is 2.66. The van der Waals surface area contributed by atoms with Crippen molar-refractivity contribution in [1.82, 2.24) is 10.1 Å². The van der Waals surface area contributed by atoms with Gasteiger partial charge < -0.3 is 18.9 Å². The van der Waals surface area contributed by atoms with Crippen molar-refractivity contribution in [3.05, 3.63) is 71.2 Å². The van der Waals surface area contributed by atoms with E-state index in [0.29, 0.717) is 11.8 Å². The van der Waals surface area contributed by atoms with E-state index in [1.165, 1.54) is 18.4 Å². The van der Waals surface area contributed by atoms with Gasteiger partial charge >= 0.3 is 0 Å². The molecule has 1 aromatic carbocycles. The first kappa shape index (κ1) is 22.7. The molecule has 1 unspecified atom stereocenters. The maximum atomic E-state index is 6.29. The highest BCUT2D eigenvalue weighted by molar-refractivity contribution is 6.03. The van der Waals surface area contributed by atoms with Crippen molar-refractivity contribution in [2.75, 3.05) is 24.7 Å². The van der Waals surface area contributed by atoms with Crippen molar-refractivity contribution in [2.45, 2.75) is 51.6 Å². The monoisotopic (exact) mass is 496 g/mol. The number of rotatable bonds is 7. The Morgan fingerprint density at radius 2 is 1.89 bits per heavy atom. The fourth-order valence-electron chi connectivity index (χ4n) is 6.16. The van der Waals surface area contributed by atoms with Gasteiger partial charge in [0, 0.05) is 36.8 Å². The number of aromatic nitrogens is 2. The van der Waals surface area contributed by atoms with E-state index >= 15 is 0 Å². The molecule has 1 saturated carbocycles. The van der Waals surface area contributed by atoms with Gasteiger partial charge in [-0.1, -0.05) is 35.5 Å². The standard InChI is InChI=1S/C30H32N4O3/c1-18-26(19(2)37-33-18)23-14-24-28(31-15-23)27-25(16-32-30(27)36-17-20-8-9-20)34(24)29(21-6-4-3-5-7-21)22-10-12-35-13-11-22/h3-7,14-16,20,22,25,29H,8-13,17H2,1-2H3/t25?,29-/m1/s1. The zero-order valence-electron chi connectivity index (χ0n) is 21.4. The topological polar surface area (TPSA) is 73.0 Å². The molecule has 3 aliphatic heterocycles. The van der Waals surface area contributed by atoms with Gasteiger partial charge in [-0.15, -0.1) is 0 Å². The first-order valence-corrected chi connectivity index (χ1v) is 13.4. The molecule has 2 fully saturated rings. The summed E-state index contributed by atoms with van der Waals surface area (Å²) in [6.07, 6.45) is 8.55. The highest BCUT2D eigenvalue weighted by atomic mass is 16.5. The first-order valence-electron chi connectivity index (χ1n) is 13.4. The second-order valence-electron chi connectivity index (χ2n) is 10.7. The molecule has 37 heavy (non-hydrogen) atoms. The maximum absolute atomic E-state index is 6.29. The van der Waals surface area contributed by atoms with E-state index in [-0.39, 0.29) is 12.1 Å². The normalized spacial score (nSPS) is 21.9. The van der Waals surface area contributed by atoms with Crippen molar-refractivity contribution in [3.63, 3.8) is 0 Å². The van der Waals surface area contributed by atoms with Gasteiger partial charge in [-0.2, -0.15) is 0 Å². The molecule has 7 rings (SSSR count). The third kappa shape index (κ3) is 3.96. The quantitative estimate of drug-likeness (QED) is 0.406. The van der Waals surface area contributed by atoms with Crippen LogP contribution in [0.5, 0.6) is 0 Å².